The standard InChI is InChI=1S/C16H18ClN5S.ClH/c1-8-3-4-20-12-6-10(15-11(17)5-9(2)23-15)7-13(14(8)12)21-22-16(18)19;/h3-5,10H,6-7H2,1-2H3,(H4,18,19,22);1H/b21-13-;. The minimum absolute atomic E-state index is 0. The second-order valence-electron chi connectivity index (χ2n) is 5.70. The SMILES string of the molecule is Cc1cc(Cl)c(C2C/C(=N/N=C(N)N)c3c(C)ccnc3C2)s1.Cl. The van der Waals surface area contributed by atoms with Crippen LogP contribution in [0.2, 0.25) is 5.02 Å². The second-order valence-corrected chi connectivity index (χ2v) is 7.39. The van der Waals surface area contributed by atoms with Crippen molar-refractivity contribution in [2.75, 3.05) is 0 Å². The highest BCUT2D eigenvalue weighted by atomic mass is 35.5. The van der Waals surface area contributed by atoms with Gasteiger partial charge in [-0.15, -0.1) is 28.8 Å². The lowest BCUT2D eigenvalue weighted by molar-refractivity contribution is 0.689. The summed E-state index contributed by atoms with van der Waals surface area (Å²) < 4.78 is 0. The predicted molar refractivity (Wildman–Crippen MR) is 104 cm³/mol. The molecule has 0 aliphatic heterocycles. The first-order valence-electron chi connectivity index (χ1n) is 7.32. The smallest absolute Gasteiger partial charge is 0.211 e. The van der Waals surface area contributed by atoms with Crippen molar-refractivity contribution >= 4 is 47.0 Å². The van der Waals surface area contributed by atoms with Crippen molar-refractivity contribution in [1.82, 2.24) is 4.98 Å². The number of nitrogens with zero attached hydrogens (tertiary/aromatic N) is 3. The summed E-state index contributed by atoms with van der Waals surface area (Å²) in [6, 6.07) is 3.99. The van der Waals surface area contributed by atoms with E-state index in [2.05, 4.69) is 22.1 Å². The fourth-order valence-corrected chi connectivity index (χ4v) is 4.49. The number of halogens is 2. The van der Waals surface area contributed by atoms with Gasteiger partial charge in [-0.1, -0.05) is 11.6 Å². The number of fused-ring (bicyclic) bond motifs is 1. The largest absolute Gasteiger partial charge is 0.369 e. The van der Waals surface area contributed by atoms with Gasteiger partial charge in [0, 0.05) is 33.9 Å². The minimum atomic E-state index is -0.0484. The van der Waals surface area contributed by atoms with Crippen molar-refractivity contribution in [1.29, 1.82) is 0 Å². The average molecular weight is 384 g/mol. The van der Waals surface area contributed by atoms with Crippen LogP contribution in [0.25, 0.3) is 0 Å². The van der Waals surface area contributed by atoms with Crippen molar-refractivity contribution < 1.29 is 0 Å². The molecular weight excluding hydrogens is 365 g/mol. The van der Waals surface area contributed by atoms with Gasteiger partial charge in [0.1, 0.15) is 0 Å². The van der Waals surface area contributed by atoms with Gasteiger partial charge in [-0.05, 0) is 38.0 Å². The highest BCUT2D eigenvalue weighted by Crippen LogP contribution is 2.40. The van der Waals surface area contributed by atoms with E-state index in [0.29, 0.717) is 0 Å². The molecule has 0 amide bonds. The molecule has 0 radical (unpaired) electrons. The minimum Gasteiger partial charge on any atom is -0.369 e. The number of rotatable bonds is 2. The Hall–Kier alpha value is -1.63. The molecule has 8 heteroatoms. The number of hydrogen-bond donors (Lipinski definition) is 2. The Kier molecular flexibility index (Phi) is 5.85. The first-order valence-corrected chi connectivity index (χ1v) is 8.51. The van der Waals surface area contributed by atoms with Gasteiger partial charge in [0.05, 0.1) is 16.4 Å². The molecule has 2 heterocycles. The average Bonchev–Trinajstić information content (AvgIpc) is 2.83. The lowest BCUT2D eigenvalue weighted by Crippen LogP contribution is -2.24. The Morgan fingerprint density at radius 1 is 1.33 bits per heavy atom. The summed E-state index contributed by atoms with van der Waals surface area (Å²) in [6.07, 6.45) is 3.42. The van der Waals surface area contributed by atoms with Crippen LogP contribution >= 0.6 is 35.3 Å². The van der Waals surface area contributed by atoms with Gasteiger partial charge in [-0.25, -0.2) is 0 Å². The number of hydrogen-bond acceptors (Lipinski definition) is 4. The maximum atomic E-state index is 6.39. The highest BCUT2D eigenvalue weighted by Gasteiger charge is 2.29. The van der Waals surface area contributed by atoms with E-state index in [4.69, 9.17) is 23.1 Å². The van der Waals surface area contributed by atoms with Crippen molar-refractivity contribution in [3.8, 4) is 0 Å². The summed E-state index contributed by atoms with van der Waals surface area (Å²) in [5.41, 5.74) is 14.9. The zero-order chi connectivity index (χ0) is 16.6. The van der Waals surface area contributed by atoms with Crippen LogP contribution in [0.5, 0.6) is 0 Å². The fraction of sp³-hybridized carbons (Fsp3) is 0.312. The van der Waals surface area contributed by atoms with Crippen molar-refractivity contribution in [3.63, 3.8) is 0 Å². The number of pyridine rings is 1. The summed E-state index contributed by atoms with van der Waals surface area (Å²) in [5.74, 6) is 0.198. The van der Waals surface area contributed by atoms with E-state index in [9.17, 15) is 0 Å². The van der Waals surface area contributed by atoms with Gasteiger partial charge in [0.25, 0.3) is 0 Å². The van der Waals surface area contributed by atoms with Crippen LogP contribution in [-0.4, -0.2) is 16.7 Å². The molecule has 24 heavy (non-hydrogen) atoms. The summed E-state index contributed by atoms with van der Waals surface area (Å²) in [6.45, 7) is 4.11. The van der Waals surface area contributed by atoms with E-state index in [0.717, 1.165) is 40.4 Å². The number of guanidine groups is 1. The molecule has 1 atom stereocenters. The summed E-state index contributed by atoms with van der Waals surface area (Å²) in [5, 5.41) is 8.93. The van der Waals surface area contributed by atoms with E-state index < -0.39 is 0 Å². The van der Waals surface area contributed by atoms with Crippen LogP contribution in [0.1, 0.15) is 38.9 Å². The lowest BCUT2D eigenvalue weighted by Gasteiger charge is -2.25. The predicted octanol–water partition coefficient (Wildman–Crippen LogP) is 3.54. The quantitative estimate of drug-likeness (QED) is 0.471. The van der Waals surface area contributed by atoms with Gasteiger partial charge in [-0.3, -0.25) is 4.98 Å². The van der Waals surface area contributed by atoms with Crippen molar-refractivity contribution in [2.45, 2.75) is 32.6 Å². The fourth-order valence-electron chi connectivity index (χ4n) is 2.98. The van der Waals surface area contributed by atoms with Crippen LogP contribution in [0.3, 0.4) is 0 Å². The molecule has 2 aromatic rings. The first kappa shape index (κ1) is 18.7. The molecule has 2 aromatic heterocycles. The van der Waals surface area contributed by atoms with E-state index >= 15 is 0 Å². The van der Waals surface area contributed by atoms with E-state index in [1.165, 1.54) is 9.75 Å². The van der Waals surface area contributed by atoms with Crippen LogP contribution in [-0.2, 0) is 6.42 Å². The van der Waals surface area contributed by atoms with Crippen LogP contribution in [0.4, 0.5) is 0 Å². The van der Waals surface area contributed by atoms with Crippen LogP contribution < -0.4 is 11.5 Å². The molecule has 1 aliphatic carbocycles. The van der Waals surface area contributed by atoms with Crippen LogP contribution in [0.15, 0.2) is 28.5 Å². The maximum Gasteiger partial charge on any atom is 0.211 e. The van der Waals surface area contributed by atoms with Gasteiger partial charge < -0.3 is 11.5 Å². The Morgan fingerprint density at radius 2 is 2.08 bits per heavy atom. The van der Waals surface area contributed by atoms with Crippen molar-refractivity contribution in [3.05, 3.63) is 49.9 Å². The molecular formula is C16H19Cl2N5S. The molecule has 5 nitrogen and oxygen atoms in total. The van der Waals surface area contributed by atoms with E-state index in [-0.39, 0.29) is 24.3 Å². The van der Waals surface area contributed by atoms with Crippen LogP contribution in [0, 0.1) is 13.8 Å². The number of thiophene rings is 1. The topological polar surface area (TPSA) is 89.6 Å². The molecule has 3 rings (SSSR count). The van der Waals surface area contributed by atoms with Gasteiger partial charge in [-0.2, -0.15) is 5.10 Å². The number of nitrogens with two attached hydrogens (primary N) is 2. The molecule has 4 N–H and O–H groups in total. The normalized spacial score (nSPS) is 18.0. The molecule has 0 fully saturated rings. The zero-order valence-corrected chi connectivity index (χ0v) is 15.8. The highest BCUT2D eigenvalue weighted by molar-refractivity contribution is 7.12. The summed E-state index contributed by atoms with van der Waals surface area (Å²) in [7, 11) is 0. The molecule has 0 bridgehead atoms. The van der Waals surface area contributed by atoms with Gasteiger partial charge in [0.15, 0.2) is 0 Å². The third-order valence-electron chi connectivity index (χ3n) is 3.90. The Bertz CT molecular complexity index is 809. The zero-order valence-electron chi connectivity index (χ0n) is 13.4. The van der Waals surface area contributed by atoms with E-state index in [1.807, 2.05) is 25.3 Å². The molecule has 1 unspecified atom stereocenters. The van der Waals surface area contributed by atoms with Crippen molar-refractivity contribution in [2.24, 2.45) is 21.7 Å². The van der Waals surface area contributed by atoms with Gasteiger partial charge >= 0.3 is 0 Å². The molecule has 0 saturated heterocycles. The Labute approximate surface area is 156 Å². The summed E-state index contributed by atoms with van der Waals surface area (Å²) in [4.78, 5) is 6.92. The van der Waals surface area contributed by atoms with Gasteiger partial charge in [0.2, 0.25) is 5.96 Å². The lowest BCUT2D eigenvalue weighted by atomic mass is 9.83. The molecule has 0 spiro atoms. The number of aromatic nitrogens is 1. The maximum absolute atomic E-state index is 6.39. The molecule has 1 aliphatic rings. The molecule has 0 aromatic carbocycles. The van der Waals surface area contributed by atoms with E-state index in [1.54, 1.807) is 11.3 Å². The molecule has 128 valence electrons. The Balaban J connectivity index is 0.00000208. The third-order valence-corrected chi connectivity index (χ3v) is 5.54. The second kappa shape index (κ2) is 7.51. The molecule has 0 saturated carbocycles. The summed E-state index contributed by atoms with van der Waals surface area (Å²) >= 11 is 8.12. The Morgan fingerprint density at radius 3 is 2.71 bits per heavy atom. The monoisotopic (exact) mass is 383 g/mol. The number of aryl methyl sites for hydroxylation is 2. The first-order chi connectivity index (χ1) is 11.0. The third kappa shape index (κ3) is 3.71.